The zero-order valence-corrected chi connectivity index (χ0v) is 11.8. The van der Waals surface area contributed by atoms with Crippen molar-refractivity contribution in [3.05, 3.63) is 17.5 Å². The maximum absolute atomic E-state index is 11.7. The molecule has 0 bridgehead atoms. The third-order valence-corrected chi connectivity index (χ3v) is 3.09. The smallest absolute Gasteiger partial charge is 0.322 e. The number of hydrogen-bond acceptors (Lipinski definition) is 5. The monoisotopic (exact) mass is 294 g/mol. The van der Waals surface area contributed by atoms with Crippen LogP contribution >= 0.6 is 0 Å². The number of nitrogens with zero attached hydrogens (tertiary/aromatic N) is 1. The highest BCUT2D eigenvalue weighted by Gasteiger charge is 2.29. The van der Waals surface area contributed by atoms with E-state index in [0.29, 0.717) is 5.76 Å². The van der Waals surface area contributed by atoms with Crippen molar-refractivity contribution in [1.82, 2.24) is 21.1 Å². The molecule has 0 aliphatic carbocycles. The summed E-state index contributed by atoms with van der Waals surface area (Å²) in [5, 5.41) is 11.1. The van der Waals surface area contributed by atoms with Crippen LogP contribution in [-0.2, 0) is 22.6 Å². The van der Waals surface area contributed by atoms with E-state index < -0.39 is 18.0 Å². The Bertz CT molecular complexity index is 540. The molecule has 0 saturated carbocycles. The number of aryl methyl sites for hydroxylation is 1. The summed E-state index contributed by atoms with van der Waals surface area (Å²) in [6.07, 6.45) is 2.23. The number of urea groups is 1. The molecule has 4 amide bonds. The molecular formula is C13H18N4O4. The van der Waals surface area contributed by atoms with Gasteiger partial charge in [0.2, 0.25) is 5.91 Å². The second kappa shape index (κ2) is 6.87. The van der Waals surface area contributed by atoms with E-state index in [0.717, 1.165) is 18.5 Å². The second-order valence-electron chi connectivity index (χ2n) is 4.87. The first-order valence-electron chi connectivity index (χ1n) is 6.91. The zero-order chi connectivity index (χ0) is 15.2. The van der Waals surface area contributed by atoms with Crippen LogP contribution in [0.25, 0.3) is 0 Å². The Kier molecular flexibility index (Phi) is 4.91. The Morgan fingerprint density at radius 1 is 1.48 bits per heavy atom. The van der Waals surface area contributed by atoms with Gasteiger partial charge in [-0.1, -0.05) is 18.5 Å². The largest absolute Gasteiger partial charge is 0.359 e. The van der Waals surface area contributed by atoms with Gasteiger partial charge >= 0.3 is 6.03 Å². The molecule has 8 nitrogen and oxygen atoms in total. The molecule has 1 atom stereocenters. The van der Waals surface area contributed by atoms with Gasteiger partial charge in [-0.15, -0.1) is 0 Å². The maximum atomic E-state index is 11.7. The predicted molar refractivity (Wildman–Crippen MR) is 72.0 cm³/mol. The van der Waals surface area contributed by atoms with Gasteiger partial charge in [-0.25, -0.2) is 4.79 Å². The fourth-order valence-electron chi connectivity index (χ4n) is 2.02. The van der Waals surface area contributed by atoms with Gasteiger partial charge in [0, 0.05) is 12.5 Å². The predicted octanol–water partition coefficient (Wildman–Crippen LogP) is 0.232. The third-order valence-electron chi connectivity index (χ3n) is 3.09. The summed E-state index contributed by atoms with van der Waals surface area (Å²) in [4.78, 5) is 33.9. The molecule has 2 rings (SSSR count). The van der Waals surface area contributed by atoms with Crippen molar-refractivity contribution in [2.75, 3.05) is 0 Å². The molecule has 1 saturated heterocycles. The van der Waals surface area contributed by atoms with Crippen LogP contribution in [0.4, 0.5) is 4.79 Å². The lowest BCUT2D eigenvalue weighted by Gasteiger charge is -2.06. The normalized spacial score (nSPS) is 17.5. The summed E-state index contributed by atoms with van der Waals surface area (Å²) in [7, 11) is 0. The Morgan fingerprint density at radius 2 is 2.29 bits per heavy atom. The molecule has 114 valence electrons. The van der Waals surface area contributed by atoms with Gasteiger partial charge in [0.1, 0.15) is 6.04 Å². The summed E-state index contributed by atoms with van der Waals surface area (Å²) < 4.78 is 5.09. The molecule has 3 N–H and O–H groups in total. The van der Waals surface area contributed by atoms with Crippen LogP contribution in [0.5, 0.6) is 0 Å². The highest BCUT2D eigenvalue weighted by Crippen LogP contribution is 2.06. The molecule has 8 heteroatoms. The summed E-state index contributed by atoms with van der Waals surface area (Å²) >= 11 is 0. The van der Waals surface area contributed by atoms with E-state index in [4.69, 9.17) is 4.52 Å². The number of amides is 4. The quantitative estimate of drug-likeness (QED) is 0.623. The van der Waals surface area contributed by atoms with Crippen LogP contribution in [0.15, 0.2) is 10.6 Å². The number of carbonyl (C=O) groups is 3. The van der Waals surface area contributed by atoms with Crippen molar-refractivity contribution in [2.24, 2.45) is 0 Å². The summed E-state index contributed by atoms with van der Waals surface area (Å²) in [6, 6.07) is 0.661. The lowest BCUT2D eigenvalue weighted by Crippen LogP contribution is -2.31. The van der Waals surface area contributed by atoms with E-state index in [1.54, 1.807) is 0 Å². The molecule has 21 heavy (non-hydrogen) atoms. The van der Waals surface area contributed by atoms with Crippen molar-refractivity contribution in [3.63, 3.8) is 0 Å². The minimum atomic E-state index is -0.635. The molecule has 2 heterocycles. The van der Waals surface area contributed by atoms with E-state index in [9.17, 15) is 14.4 Å². The average Bonchev–Trinajstić information content (AvgIpc) is 3.01. The molecule has 1 aliphatic heterocycles. The molecule has 0 aromatic carbocycles. The van der Waals surface area contributed by atoms with Crippen molar-refractivity contribution in [1.29, 1.82) is 0 Å². The van der Waals surface area contributed by atoms with Gasteiger partial charge in [0.15, 0.2) is 5.76 Å². The number of carbonyl (C=O) groups excluding carboxylic acids is 3. The van der Waals surface area contributed by atoms with Crippen molar-refractivity contribution in [3.8, 4) is 0 Å². The van der Waals surface area contributed by atoms with E-state index in [1.165, 1.54) is 0 Å². The maximum Gasteiger partial charge on any atom is 0.322 e. The average molecular weight is 294 g/mol. The number of rotatable bonds is 7. The zero-order valence-electron chi connectivity index (χ0n) is 11.8. The number of nitrogens with one attached hydrogen (secondary N) is 3. The SMILES string of the molecule is CCCc1cc(CNC(=O)CC[C@H]2NC(=O)NC2=O)on1. The second-order valence-corrected chi connectivity index (χ2v) is 4.87. The molecule has 1 aromatic heterocycles. The van der Waals surface area contributed by atoms with Crippen LogP contribution in [-0.4, -0.2) is 29.0 Å². The fourth-order valence-corrected chi connectivity index (χ4v) is 2.02. The van der Waals surface area contributed by atoms with Crippen molar-refractivity contribution in [2.45, 2.75) is 45.2 Å². The van der Waals surface area contributed by atoms with E-state index in [-0.39, 0.29) is 25.3 Å². The minimum absolute atomic E-state index is 0.147. The topological polar surface area (TPSA) is 113 Å². The Morgan fingerprint density at radius 3 is 2.95 bits per heavy atom. The number of aromatic nitrogens is 1. The van der Waals surface area contributed by atoms with E-state index in [2.05, 4.69) is 21.1 Å². The minimum Gasteiger partial charge on any atom is -0.359 e. The number of imide groups is 1. The molecule has 0 spiro atoms. The molecular weight excluding hydrogens is 276 g/mol. The van der Waals surface area contributed by atoms with Crippen LogP contribution in [0.1, 0.15) is 37.6 Å². The first kappa shape index (κ1) is 15.0. The Hall–Kier alpha value is -2.38. The van der Waals surface area contributed by atoms with Crippen LogP contribution in [0.3, 0.4) is 0 Å². The summed E-state index contributed by atoms with van der Waals surface area (Å²) in [5.74, 6) is -0.0108. The van der Waals surface area contributed by atoms with Crippen molar-refractivity contribution < 1.29 is 18.9 Å². The Labute approximate surface area is 121 Å². The van der Waals surface area contributed by atoms with Gasteiger partial charge < -0.3 is 15.2 Å². The lowest BCUT2D eigenvalue weighted by atomic mass is 10.1. The van der Waals surface area contributed by atoms with Gasteiger partial charge in [0.25, 0.3) is 5.91 Å². The van der Waals surface area contributed by atoms with Gasteiger partial charge in [-0.2, -0.15) is 0 Å². The standard InChI is InChI=1S/C13H18N4O4/c1-2-3-8-6-9(21-17-8)7-14-11(18)5-4-10-12(19)16-13(20)15-10/h6,10H,2-5,7H2,1H3,(H,14,18)(H2,15,16,19,20)/t10-/m1/s1. The molecule has 1 aromatic rings. The van der Waals surface area contributed by atoms with Crippen LogP contribution in [0, 0.1) is 0 Å². The lowest BCUT2D eigenvalue weighted by molar-refractivity contribution is -0.122. The summed E-state index contributed by atoms with van der Waals surface area (Å²) in [6.45, 7) is 2.31. The van der Waals surface area contributed by atoms with Gasteiger partial charge in [-0.05, 0) is 12.8 Å². The molecule has 0 unspecified atom stereocenters. The van der Waals surface area contributed by atoms with Gasteiger partial charge in [-0.3, -0.25) is 14.9 Å². The number of hydrogen-bond donors (Lipinski definition) is 3. The molecule has 0 radical (unpaired) electrons. The molecule has 1 fully saturated rings. The van der Waals surface area contributed by atoms with E-state index >= 15 is 0 Å². The van der Waals surface area contributed by atoms with E-state index in [1.807, 2.05) is 13.0 Å². The fraction of sp³-hybridized carbons (Fsp3) is 0.538. The third kappa shape index (κ3) is 4.30. The van der Waals surface area contributed by atoms with Crippen LogP contribution < -0.4 is 16.0 Å². The highest BCUT2D eigenvalue weighted by molar-refractivity contribution is 6.04. The van der Waals surface area contributed by atoms with Gasteiger partial charge in [0.05, 0.1) is 12.2 Å². The first-order chi connectivity index (χ1) is 10.1. The first-order valence-corrected chi connectivity index (χ1v) is 6.91. The summed E-state index contributed by atoms with van der Waals surface area (Å²) in [5.41, 5.74) is 0.868. The Balaban J connectivity index is 1.69. The van der Waals surface area contributed by atoms with Crippen molar-refractivity contribution >= 4 is 17.8 Å². The van der Waals surface area contributed by atoms with Crippen LogP contribution in [0.2, 0.25) is 0 Å². The molecule has 1 aliphatic rings. The highest BCUT2D eigenvalue weighted by atomic mass is 16.5.